The predicted octanol–water partition coefficient (Wildman–Crippen LogP) is 2.95. The average Bonchev–Trinajstić information content (AvgIpc) is 2.38. The molecule has 2 unspecified atom stereocenters. The topological polar surface area (TPSA) is 21.3 Å². The number of ether oxygens (including phenoxy) is 1. The van der Waals surface area contributed by atoms with Gasteiger partial charge in [0.1, 0.15) is 0 Å². The van der Waals surface area contributed by atoms with E-state index in [1.807, 2.05) is 0 Å². The second-order valence-corrected chi connectivity index (χ2v) is 5.41. The molecule has 2 atom stereocenters. The molecule has 1 aromatic rings. The van der Waals surface area contributed by atoms with Gasteiger partial charge in [-0.2, -0.15) is 0 Å². The van der Waals surface area contributed by atoms with E-state index < -0.39 is 0 Å². The van der Waals surface area contributed by atoms with Crippen LogP contribution in [0.25, 0.3) is 0 Å². The zero-order valence-electron chi connectivity index (χ0n) is 10.9. The second-order valence-electron chi connectivity index (χ2n) is 5.41. The van der Waals surface area contributed by atoms with Crippen molar-refractivity contribution in [1.82, 2.24) is 5.32 Å². The molecular formula is C15H23NO. The van der Waals surface area contributed by atoms with Crippen LogP contribution >= 0.6 is 0 Å². The van der Waals surface area contributed by atoms with Gasteiger partial charge in [0, 0.05) is 18.7 Å². The second kappa shape index (κ2) is 5.65. The van der Waals surface area contributed by atoms with Gasteiger partial charge in [-0.05, 0) is 31.2 Å². The van der Waals surface area contributed by atoms with Gasteiger partial charge in [0.05, 0.1) is 6.61 Å². The maximum atomic E-state index is 5.56. The standard InChI is InChI=1S/C15H23NO/c1-13(14-7-4-3-5-8-14)11-16-15(2)9-6-10-17-12-15/h3-5,7-8,13,16H,6,9-12H2,1-2H3. The molecule has 0 spiro atoms. The van der Waals surface area contributed by atoms with Crippen LogP contribution in [0.1, 0.15) is 38.2 Å². The molecule has 1 aromatic carbocycles. The summed E-state index contributed by atoms with van der Waals surface area (Å²) in [4.78, 5) is 0. The summed E-state index contributed by atoms with van der Waals surface area (Å²) in [5.41, 5.74) is 1.57. The smallest absolute Gasteiger partial charge is 0.0645 e. The zero-order chi connectivity index (χ0) is 12.1. The first-order valence-corrected chi connectivity index (χ1v) is 6.57. The van der Waals surface area contributed by atoms with E-state index in [-0.39, 0.29) is 5.54 Å². The van der Waals surface area contributed by atoms with Gasteiger partial charge < -0.3 is 10.1 Å². The van der Waals surface area contributed by atoms with Crippen LogP contribution in [0.4, 0.5) is 0 Å². The summed E-state index contributed by atoms with van der Waals surface area (Å²) >= 11 is 0. The highest BCUT2D eigenvalue weighted by Crippen LogP contribution is 2.20. The Labute approximate surface area is 104 Å². The molecule has 2 nitrogen and oxygen atoms in total. The minimum Gasteiger partial charge on any atom is -0.380 e. The third kappa shape index (κ3) is 3.55. The van der Waals surface area contributed by atoms with E-state index >= 15 is 0 Å². The van der Waals surface area contributed by atoms with Crippen molar-refractivity contribution in [3.63, 3.8) is 0 Å². The lowest BCUT2D eigenvalue weighted by Crippen LogP contribution is -2.50. The van der Waals surface area contributed by atoms with Gasteiger partial charge in [0.15, 0.2) is 0 Å². The third-order valence-electron chi connectivity index (χ3n) is 3.64. The van der Waals surface area contributed by atoms with E-state index in [2.05, 4.69) is 49.5 Å². The van der Waals surface area contributed by atoms with Crippen molar-refractivity contribution in [2.24, 2.45) is 0 Å². The van der Waals surface area contributed by atoms with Crippen molar-refractivity contribution in [3.8, 4) is 0 Å². The summed E-state index contributed by atoms with van der Waals surface area (Å²) < 4.78 is 5.56. The fraction of sp³-hybridized carbons (Fsp3) is 0.600. The lowest BCUT2D eigenvalue weighted by molar-refractivity contribution is 0.0282. The number of nitrogens with one attached hydrogen (secondary N) is 1. The Morgan fingerprint density at radius 3 is 2.76 bits per heavy atom. The highest BCUT2D eigenvalue weighted by atomic mass is 16.5. The Kier molecular flexibility index (Phi) is 4.19. The Morgan fingerprint density at radius 2 is 2.12 bits per heavy atom. The molecular weight excluding hydrogens is 210 g/mol. The number of hydrogen-bond acceptors (Lipinski definition) is 2. The molecule has 94 valence electrons. The van der Waals surface area contributed by atoms with Crippen LogP contribution in [-0.4, -0.2) is 25.3 Å². The van der Waals surface area contributed by atoms with Crippen LogP contribution < -0.4 is 5.32 Å². The van der Waals surface area contributed by atoms with Gasteiger partial charge >= 0.3 is 0 Å². The SMILES string of the molecule is CC(CNC1(C)CCCOC1)c1ccccc1. The largest absolute Gasteiger partial charge is 0.380 e. The normalized spacial score (nSPS) is 26.7. The number of hydrogen-bond donors (Lipinski definition) is 1. The zero-order valence-corrected chi connectivity index (χ0v) is 10.9. The maximum absolute atomic E-state index is 5.56. The summed E-state index contributed by atoms with van der Waals surface area (Å²) in [5.74, 6) is 0.551. The molecule has 0 aromatic heterocycles. The molecule has 0 amide bonds. The van der Waals surface area contributed by atoms with Gasteiger partial charge in [-0.1, -0.05) is 37.3 Å². The van der Waals surface area contributed by atoms with Crippen LogP contribution in [0.5, 0.6) is 0 Å². The van der Waals surface area contributed by atoms with Gasteiger partial charge in [-0.15, -0.1) is 0 Å². The first-order valence-electron chi connectivity index (χ1n) is 6.57. The van der Waals surface area contributed by atoms with E-state index in [0.717, 1.165) is 19.8 Å². The third-order valence-corrected chi connectivity index (χ3v) is 3.64. The molecule has 1 N–H and O–H groups in total. The minimum atomic E-state index is 0.168. The Morgan fingerprint density at radius 1 is 1.35 bits per heavy atom. The quantitative estimate of drug-likeness (QED) is 0.863. The molecule has 1 saturated heterocycles. The predicted molar refractivity (Wildman–Crippen MR) is 71.3 cm³/mol. The number of rotatable bonds is 4. The highest BCUT2D eigenvalue weighted by Gasteiger charge is 2.27. The van der Waals surface area contributed by atoms with Crippen LogP contribution in [-0.2, 0) is 4.74 Å². The lowest BCUT2D eigenvalue weighted by Gasteiger charge is -2.35. The van der Waals surface area contributed by atoms with Crippen LogP contribution in [0.15, 0.2) is 30.3 Å². The first-order chi connectivity index (χ1) is 8.20. The summed E-state index contributed by atoms with van der Waals surface area (Å²) in [6.45, 7) is 7.32. The van der Waals surface area contributed by atoms with Crippen molar-refractivity contribution in [2.45, 2.75) is 38.1 Å². The van der Waals surface area contributed by atoms with Gasteiger partial charge in [0.2, 0.25) is 0 Å². The van der Waals surface area contributed by atoms with Crippen molar-refractivity contribution in [3.05, 3.63) is 35.9 Å². The molecule has 0 aliphatic carbocycles. The van der Waals surface area contributed by atoms with E-state index in [4.69, 9.17) is 4.74 Å². The molecule has 2 rings (SSSR count). The van der Waals surface area contributed by atoms with E-state index in [9.17, 15) is 0 Å². The van der Waals surface area contributed by atoms with Crippen LogP contribution in [0.2, 0.25) is 0 Å². The Hall–Kier alpha value is -0.860. The first kappa shape index (κ1) is 12.6. The summed E-state index contributed by atoms with van der Waals surface area (Å²) in [5, 5.41) is 3.67. The maximum Gasteiger partial charge on any atom is 0.0645 e. The monoisotopic (exact) mass is 233 g/mol. The molecule has 1 aliphatic rings. The van der Waals surface area contributed by atoms with E-state index in [1.165, 1.54) is 18.4 Å². The lowest BCUT2D eigenvalue weighted by atomic mass is 9.93. The minimum absolute atomic E-state index is 0.168. The van der Waals surface area contributed by atoms with Crippen molar-refractivity contribution < 1.29 is 4.74 Å². The van der Waals surface area contributed by atoms with Crippen molar-refractivity contribution in [2.75, 3.05) is 19.8 Å². The summed E-state index contributed by atoms with van der Waals surface area (Å²) in [6, 6.07) is 10.7. The van der Waals surface area contributed by atoms with Gasteiger partial charge in [-0.3, -0.25) is 0 Å². The molecule has 17 heavy (non-hydrogen) atoms. The number of benzene rings is 1. The Balaban J connectivity index is 1.85. The fourth-order valence-electron chi connectivity index (χ4n) is 2.37. The molecule has 1 fully saturated rings. The summed E-state index contributed by atoms with van der Waals surface area (Å²) in [7, 11) is 0. The average molecular weight is 233 g/mol. The van der Waals surface area contributed by atoms with Crippen LogP contribution in [0.3, 0.4) is 0 Å². The molecule has 0 bridgehead atoms. The molecule has 1 heterocycles. The Bertz CT molecular complexity index is 330. The molecule has 0 radical (unpaired) electrons. The molecule has 0 saturated carbocycles. The van der Waals surface area contributed by atoms with Gasteiger partial charge in [-0.25, -0.2) is 0 Å². The summed E-state index contributed by atoms with van der Waals surface area (Å²) in [6.07, 6.45) is 2.39. The van der Waals surface area contributed by atoms with Crippen molar-refractivity contribution >= 4 is 0 Å². The van der Waals surface area contributed by atoms with E-state index in [1.54, 1.807) is 0 Å². The fourth-order valence-corrected chi connectivity index (χ4v) is 2.37. The van der Waals surface area contributed by atoms with Gasteiger partial charge in [0.25, 0.3) is 0 Å². The van der Waals surface area contributed by atoms with E-state index in [0.29, 0.717) is 5.92 Å². The van der Waals surface area contributed by atoms with Crippen molar-refractivity contribution in [1.29, 1.82) is 0 Å². The highest BCUT2D eigenvalue weighted by molar-refractivity contribution is 5.19. The van der Waals surface area contributed by atoms with Crippen LogP contribution in [0, 0.1) is 0 Å². The molecule has 2 heteroatoms. The molecule has 1 aliphatic heterocycles.